The lowest BCUT2D eigenvalue weighted by molar-refractivity contribution is 0.0335. The molecule has 0 aliphatic heterocycles. The van der Waals surface area contributed by atoms with Crippen LogP contribution in [0.25, 0.3) is 0 Å². The summed E-state index contributed by atoms with van der Waals surface area (Å²) >= 11 is 0. The van der Waals surface area contributed by atoms with Crippen LogP contribution >= 0.6 is 0 Å². The molecule has 5 heteroatoms. The van der Waals surface area contributed by atoms with Crippen molar-refractivity contribution in [3.63, 3.8) is 0 Å². The van der Waals surface area contributed by atoms with Crippen molar-refractivity contribution in [1.82, 2.24) is 0 Å². The van der Waals surface area contributed by atoms with Crippen LogP contribution in [0.5, 0.6) is 0 Å². The second kappa shape index (κ2) is 10.7. The first-order valence-electron chi connectivity index (χ1n) is 8.45. The van der Waals surface area contributed by atoms with Gasteiger partial charge in [0.2, 0.25) is 0 Å². The second-order valence-electron chi connectivity index (χ2n) is 5.44. The summed E-state index contributed by atoms with van der Waals surface area (Å²) in [6, 6.07) is 11.0. The second-order valence-corrected chi connectivity index (χ2v) is 8.12. The minimum Gasteiger partial charge on any atom is -0.374 e. The van der Waals surface area contributed by atoms with Crippen LogP contribution in [0.3, 0.4) is 0 Å². The molecule has 0 amide bonds. The molecule has 1 rings (SSSR count). The van der Waals surface area contributed by atoms with Gasteiger partial charge in [0.05, 0.1) is 6.10 Å². The predicted molar refractivity (Wildman–Crippen MR) is 97.4 cm³/mol. The minimum absolute atomic E-state index is 0.0718. The standard InChI is InChI=1S/C18H31NO3Si/c1-5-18(17-12-9-8-10-13-17)16(4)22-23(20-6-2,21-7-3)15-11-14-19/h5,8-10,12-13,16,18H,1,6-7,11,14-15,19H2,2-4H3. The molecule has 23 heavy (non-hydrogen) atoms. The molecule has 1 aromatic carbocycles. The summed E-state index contributed by atoms with van der Waals surface area (Å²) in [5, 5.41) is 0. The van der Waals surface area contributed by atoms with Crippen LogP contribution in [0, 0.1) is 0 Å². The van der Waals surface area contributed by atoms with Crippen LogP contribution < -0.4 is 5.73 Å². The Hall–Kier alpha value is -0.983. The lowest BCUT2D eigenvalue weighted by Crippen LogP contribution is -2.49. The van der Waals surface area contributed by atoms with E-state index in [1.54, 1.807) is 0 Å². The summed E-state index contributed by atoms with van der Waals surface area (Å²) in [6.45, 7) is 11.7. The monoisotopic (exact) mass is 337 g/mol. The van der Waals surface area contributed by atoms with Gasteiger partial charge in [0.1, 0.15) is 0 Å². The SMILES string of the molecule is C=CC(c1ccccc1)C(C)O[Si](CCCN)(OCC)OCC. The highest BCUT2D eigenvalue weighted by atomic mass is 28.4. The lowest BCUT2D eigenvalue weighted by Gasteiger charge is -2.34. The molecule has 130 valence electrons. The molecule has 0 bridgehead atoms. The summed E-state index contributed by atoms with van der Waals surface area (Å²) in [6.07, 6.45) is 2.70. The van der Waals surface area contributed by atoms with E-state index in [2.05, 4.69) is 25.6 Å². The third kappa shape index (κ3) is 6.20. The Morgan fingerprint density at radius 1 is 1.17 bits per heavy atom. The molecule has 0 saturated heterocycles. The molecule has 0 aromatic heterocycles. The van der Waals surface area contributed by atoms with Gasteiger partial charge in [-0.1, -0.05) is 36.4 Å². The van der Waals surface area contributed by atoms with E-state index >= 15 is 0 Å². The quantitative estimate of drug-likeness (QED) is 0.466. The molecule has 2 atom stereocenters. The van der Waals surface area contributed by atoms with Crippen LogP contribution in [0.4, 0.5) is 0 Å². The van der Waals surface area contributed by atoms with Gasteiger partial charge in [0.25, 0.3) is 0 Å². The highest BCUT2D eigenvalue weighted by Crippen LogP contribution is 2.28. The predicted octanol–water partition coefficient (Wildman–Crippen LogP) is 3.72. The first-order chi connectivity index (χ1) is 11.1. The molecule has 2 N–H and O–H groups in total. The number of rotatable bonds is 12. The Labute approximate surface area is 142 Å². The Morgan fingerprint density at radius 3 is 2.26 bits per heavy atom. The summed E-state index contributed by atoms with van der Waals surface area (Å²) in [5.41, 5.74) is 6.86. The fourth-order valence-electron chi connectivity index (χ4n) is 2.70. The maximum absolute atomic E-state index is 6.40. The number of hydrogen-bond acceptors (Lipinski definition) is 4. The topological polar surface area (TPSA) is 53.7 Å². The molecule has 0 aliphatic rings. The summed E-state index contributed by atoms with van der Waals surface area (Å²) in [5.74, 6) is 0.0989. The first-order valence-corrected chi connectivity index (χ1v) is 10.4. The zero-order chi connectivity index (χ0) is 17.1. The van der Waals surface area contributed by atoms with Gasteiger partial charge < -0.3 is 19.0 Å². The van der Waals surface area contributed by atoms with Crippen LogP contribution in [0.2, 0.25) is 6.04 Å². The molecule has 2 unspecified atom stereocenters. The van der Waals surface area contributed by atoms with Crippen molar-refractivity contribution in [2.45, 2.75) is 45.3 Å². The molecule has 1 aromatic rings. The van der Waals surface area contributed by atoms with E-state index in [4.69, 9.17) is 19.0 Å². The smallest absolute Gasteiger partial charge is 0.374 e. The van der Waals surface area contributed by atoms with E-state index in [1.807, 2.05) is 38.1 Å². The minimum atomic E-state index is -2.72. The van der Waals surface area contributed by atoms with E-state index in [-0.39, 0.29) is 12.0 Å². The van der Waals surface area contributed by atoms with E-state index in [9.17, 15) is 0 Å². The molecule has 0 fully saturated rings. The molecule has 0 aliphatic carbocycles. The average molecular weight is 338 g/mol. The molecule has 0 saturated carbocycles. The maximum atomic E-state index is 6.40. The number of hydrogen-bond donors (Lipinski definition) is 1. The van der Waals surface area contributed by atoms with E-state index in [0.29, 0.717) is 19.8 Å². The van der Waals surface area contributed by atoms with Crippen molar-refractivity contribution in [3.05, 3.63) is 48.6 Å². The molecule has 0 heterocycles. The fraction of sp³-hybridized carbons (Fsp3) is 0.556. The summed E-state index contributed by atoms with van der Waals surface area (Å²) in [4.78, 5) is 0. The van der Waals surface area contributed by atoms with Crippen LogP contribution in [-0.4, -0.2) is 34.7 Å². The van der Waals surface area contributed by atoms with Crippen molar-refractivity contribution in [3.8, 4) is 0 Å². The van der Waals surface area contributed by atoms with Gasteiger partial charge in [-0.25, -0.2) is 0 Å². The van der Waals surface area contributed by atoms with Gasteiger partial charge in [-0.05, 0) is 39.3 Å². The van der Waals surface area contributed by atoms with Gasteiger partial charge >= 0.3 is 8.80 Å². The Kier molecular flexibility index (Phi) is 9.36. The van der Waals surface area contributed by atoms with Gasteiger partial charge in [0.15, 0.2) is 0 Å². The van der Waals surface area contributed by atoms with Gasteiger partial charge in [-0.15, -0.1) is 6.58 Å². The number of nitrogens with two attached hydrogens (primary N) is 1. The van der Waals surface area contributed by atoms with Gasteiger partial charge in [0, 0.05) is 25.2 Å². The van der Waals surface area contributed by atoms with Crippen LogP contribution in [0.15, 0.2) is 43.0 Å². The maximum Gasteiger partial charge on any atom is 0.501 e. The van der Waals surface area contributed by atoms with E-state index in [0.717, 1.165) is 12.5 Å². The van der Waals surface area contributed by atoms with E-state index in [1.165, 1.54) is 5.56 Å². The summed E-state index contributed by atoms with van der Waals surface area (Å²) in [7, 11) is -2.72. The molecule has 0 spiro atoms. The largest absolute Gasteiger partial charge is 0.501 e. The van der Waals surface area contributed by atoms with Crippen molar-refractivity contribution < 1.29 is 13.3 Å². The highest BCUT2D eigenvalue weighted by molar-refractivity contribution is 6.60. The first kappa shape index (κ1) is 20.1. The average Bonchev–Trinajstić information content (AvgIpc) is 2.55. The lowest BCUT2D eigenvalue weighted by atomic mass is 9.95. The van der Waals surface area contributed by atoms with Crippen molar-refractivity contribution in [2.75, 3.05) is 19.8 Å². The fourth-order valence-corrected chi connectivity index (χ4v) is 5.56. The molecule has 0 radical (unpaired) electrons. The molecular weight excluding hydrogens is 306 g/mol. The Balaban J connectivity index is 2.92. The summed E-state index contributed by atoms with van der Waals surface area (Å²) < 4.78 is 18.4. The Bertz CT molecular complexity index is 435. The normalized spacial score (nSPS) is 14.4. The van der Waals surface area contributed by atoms with E-state index < -0.39 is 8.80 Å². The zero-order valence-corrected chi connectivity index (χ0v) is 15.7. The van der Waals surface area contributed by atoms with Crippen molar-refractivity contribution in [2.24, 2.45) is 5.73 Å². The van der Waals surface area contributed by atoms with Crippen LogP contribution in [0.1, 0.15) is 38.7 Å². The third-order valence-electron chi connectivity index (χ3n) is 3.73. The molecular formula is C18H31NO3Si. The highest BCUT2D eigenvalue weighted by Gasteiger charge is 2.42. The zero-order valence-electron chi connectivity index (χ0n) is 14.7. The van der Waals surface area contributed by atoms with Gasteiger partial charge in [-0.2, -0.15) is 0 Å². The van der Waals surface area contributed by atoms with Gasteiger partial charge in [-0.3, -0.25) is 0 Å². The number of benzene rings is 1. The third-order valence-corrected chi connectivity index (χ3v) is 6.88. The Morgan fingerprint density at radius 2 is 1.78 bits per heavy atom. The van der Waals surface area contributed by atoms with Crippen LogP contribution in [-0.2, 0) is 13.3 Å². The van der Waals surface area contributed by atoms with Crippen molar-refractivity contribution >= 4 is 8.80 Å². The van der Waals surface area contributed by atoms with Crippen molar-refractivity contribution in [1.29, 1.82) is 0 Å². The molecule has 4 nitrogen and oxygen atoms in total.